The first kappa shape index (κ1) is 12.6. The molecule has 1 aliphatic carbocycles. The lowest BCUT2D eigenvalue weighted by molar-refractivity contribution is 0.174. The molecular formula is C16H18F2O. The maximum atomic E-state index is 13.5. The second-order valence-corrected chi connectivity index (χ2v) is 5.62. The topological polar surface area (TPSA) is 9.23 Å². The molecule has 1 fully saturated rings. The van der Waals surface area contributed by atoms with Gasteiger partial charge in [-0.25, -0.2) is 8.78 Å². The molecule has 2 aliphatic rings. The van der Waals surface area contributed by atoms with Gasteiger partial charge in [0.25, 0.3) is 0 Å². The van der Waals surface area contributed by atoms with Gasteiger partial charge in [-0.15, -0.1) is 0 Å². The number of hydrogen-bond acceptors (Lipinski definition) is 1. The fourth-order valence-electron chi connectivity index (χ4n) is 3.02. The Labute approximate surface area is 112 Å². The van der Waals surface area contributed by atoms with E-state index in [4.69, 9.17) is 4.74 Å². The Morgan fingerprint density at radius 2 is 2.00 bits per heavy atom. The molecule has 1 aliphatic heterocycles. The molecular weight excluding hydrogens is 246 g/mol. The molecule has 3 rings (SSSR count). The van der Waals surface area contributed by atoms with Crippen LogP contribution in [0.2, 0.25) is 0 Å². The molecule has 0 saturated heterocycles. The van der Waals surface area contributed by atoms with Crippen LogP contribution < -0.4 is 4.74 Å². The van der Waals surface area contributed by atoms with Crippen LogP contribution in [0.5, 0.6) is 5.75 Å². The van der Waals surface area contributed by atoms with E-state index in [0.29, 0.717) is 12.4 Å². The van der Waals surface area contributed by atoms with Crippen LogP contribution in [0.1, 0.15) is 44.1 Å². The maximum Gasteiger partial charge on any atom is 0.162 e. The minimum absolute atomic E-state index is 0.162. The van der Waals surface area contributed by atoms with E-state index in [-0.39, 0.29) is 11.3 Å². The van der Waals surface area contributed by atoms with Crippen molar-refractivity contribution in [3.63, 3.8) is 0 Å². The Kier molecular flexibility index (Phi) is 3.08. The summed E-state index contributed by atoms with van der Waals surface area (Å²) in [7, 11) is 0. The smallest absolute Gasteiger partial charge is 0.162 e. The quantitative estimate of drug-likeness (QED) is 0.726. The van der Waals surface area contributed by atoms with Gasteiger partial charge >= 0.3 is 0 Å². The van der Waals surface area contributed by atoms with Crippen molar-refractivity contribution in [2.45, 2.75) is 38.5 Å². The Hall–Kier alpha value is -1.38. The van der Waals surface area contributed by atoms with Crippen molar-refractivity contribution < 1.29 is 13.5 Å². The van der Waals surface area contributed by atoms with E-state index in [1.165, 1.54) is 12.1 Å². The molecule has 3 heteroatoms. The van der Waals surface area contributed by atoms with Crippen LogP contribution in [0.25, 0.3) is 0 Å². The molecule has 19 heavy (non-hydrogen) atoms. The van der Waals surface area contributed by atoms with Crippen molar-refractivity contribution in [2.24, 2.45) is 5.41 Å². The zero-order chi connectivity index (χ0) is 13.5. The average Bonchev–Trinajstić information content (AvgIpc) is 3.16. The third kappa shape index (κ3) is 2.15. The summed E-state index contributed by atoms with van der Waals surface area (Å²) in [4.78, 5) is 0. The molecule has 1 atom stereocenters. The predicted octanol–water partition coefficient (Wildman–Crippen LogP) is 4.58. The third-order valence-corrected chi connectivity index (χ3v) is 4.35. The Bertz CT molecular complexity index is 518. The molecule has 0 aromatic heterocycles. The lowest BCUT2D eigenvalue weighted by Crippen LogP contribution is -2.27. The Morgan fingerprint density at radius 3 is 2.68 bits per heavy atom. The van der Waals surface area contributed by atoms with Crippen molar-refractivity contribution in [1.29, 1.82) is 0 Å². The third-order valence-electron chi connectivity index (χ3n) is 4.35. The fourth-order valence-corrected chi connectivity index (χ4v) is 3.02. The van der Waals surface area contributed by atoms with E-state index in [0.717, 1.165) is 31.2 Å². The minimum atomic E-state index is -0.826. The van der Waals surface area contributed by atoms with Gasteiger partial charge in [-0.05, 0) is 37.7 Å². The molecule has 1 spiro atoms. The summed E-state index contributed by atoms with van der Waals surface area (Å²) in [6.45, 7) is 2.73. The Morgan fingerprint density at radius 1 is 1.26 bits per heavy atom. The second kappa shape index (κ2) is 4.62. The molecule has 102 valence electrons. The molecule has 1 heterocycles. The minimum Gasteiger partial charge on any atom is -0.493 e. The summed E-state index contributed by atoms with van der Waals surface area (Å²) in [5.74, 6) is -0.821. The summed E-state index contributed by atoms with van der Waals surface area (Å²) >= 11 is 0. The molecule has 1 unspecified atom stereocenters. The standard InChI is InChI=1S/C16H18F2O/c1-2-3-4-5-12-11-8-13(17)14(18)9-15(11)19-10-16(12)6-7-16/h3-4,8-9,12H,2,5-7,10H2,1H3. The molecule has 1 saturated carbocycles. The summed E-state index contributed by atoms with van der Waals surface area (Å²) in [5, 5.41) is 0. The zero-order valence-electron chi connectivity index (χ0n) is 11.1. The predicted molar refractivity (Wildman–Crippen MR) is 70.3 cm³/mol. The first-order valence-corrected chi connectivity index (χ1v) is 6.93. The van der Waals surface area contributed by atoms with Gasteiger partial charge in [-0.2, -0.15) is 0 Å². The number of hydrogen-bond donors (Lipinski definition) is 0. The summed E-state index contributed by atoms with van der Waals surface area (Å²) in [6, 6.07) is 2.52. The first-order chi connectivity index (χ1) is 9.16. The highest BCUT2D eigenvalue weighted by Crippen LogP contribution is 2.61. The number of benzene rings is 1. The molecule has 0 N–H and O–H groups in total. The molecule has 1 aromatic carbocycles. The number of rotatable bonds is 3. The van der Waals surface area contributed by atoms with Gasteiger partial charge in [0, 0.05) is 17.0 Å². The first-order valence-electron chi connectivity index (χ1n) is 6.93. The molecule has 0 bridgehead atoms. The summed E-state index contributed by atoms with van der Waals surface area (Å²) in [5.41, 5.74) is 0.999. The second-order valence-electron chi connectivity index (χ2n) is 5.62. The molecule has 1 nitrogen and oxygen atoms in total. The normalized spacial score (nSPS) is 23.4. The van der Waals surface area contributed by atoms with Crippen LogP contribution in [0.3, 0.4) is 0 Å². The van der Waals surface area contributed by atoms with Gasteiger partial charge in [0.1, 0.15) is 5.75 Å². The maximum absolute atomic E-state index is 13.5. The van der Waals surface area contributed by atoms with Crippen molar-refractivity contribution >= 4 is 0 Å². The van der Waals surface area contributed by atoms with E-state index in [9.17, 15) is 8.78 Å². The molecule has 0 amide bonds. The summed E-state index contributed by atoms with van der Waals surface area (Å²) in [6.07, 6.45) is 8.41. The largest absolute Gasteiger partial charge is 0.493 e. The van der Waals surface area contributed by atoms with Crippen LogP contribution in [-0.4, -0.2) is 6.61 Å². The van der Waals surface area contributed by atoms with E-state index in [2.05, 4.69) is 19.1 Å². The highest BCUT2D eigenvalue weighted by atomic mass is 19.2. The van der Waals surface area contributed by atoms with Crippen LogP contribution >= 0.6 is 0 Å². The highest BCUT2D eigenvalue weighted by molar-refractivity contribution is 5.42. The van der Waals surface area contributed by atoms with Gasteiger partial charge in [-0.1, -0.05) is 19.1 Å². The average molecular weight is 264 g/mol. The van der Waals surface area contributed by atoms with Crippen molar-refractivity contribution in [3.05, 3.63) is 41.5 Å². The number of fused-ring (bicyclic) bond motifs is 1. The van der Waals surface area contributed by atoms with Crippen LogP contribution in [0.4, 0.5) is 8.78 Å². The summed E-state index contributed by atoms with van der Waals surface area (Å²) < 4.78 is 32.4. The van der Waals surface area contributed by atoms with Gasteiger partial charge in [0.2, 0.25) is 0 Å². The monoisotopic (exact) mass is 264 g/mol. The van der Waals surface area contributed by atoms with E-state index in [1.54, 1.807) is 0 Å². The SMILES string of the molecule is CCC=CCC1c2cc(F)c(F)cc2OCC12CC2. The van der Waals surface area contributed by atoms with Gasteiger partial charge in [0.15, 0.2) is 11.6 Å². The highest BCUT2D eigenvalue weighted by Gasteiger charge is 2.53. The van der Waals surface area contributed by atoms with E-state index < -0.39 is 11.6 Å². The van der Waals surface area contributed by atoms with E-state index in [1.807, 2.05) is 0 Å². The van der Waals surface area contributed by atoms with Crippen molar-refractivity contribution in [1.82, 2.24) is 0 Å². The van der Waals surface area contributed by atoms with Crippen LogP contribution in [-0.2, 0) is 0 Å². The van der Waals surface area contributed by atoms with E-state index >= 15 is 0 Å². The molecule has 1 aromatic rings. The van der Waals surface area contributed by atoms with Crippen molar-refractivity contribution in [3.8, 4) is 5.75 Å². The lowest BCUT2D eigenvalue weighted by Gasteiger charge is -2.33. The lowest BCUT2D eigenvalue weighted by atomic mass is 9.79. The van der Waals surface area contributed by atoms with Gasteiger partial charge in [0.05, 0.1) is 6.61 Å². The van der Waals surface area contributed by atoms with Crippen LogP contribution in [0, 0.1) is 17.0 Å². The number of allylic oxidation sites excluding steroid dienone is 2. The molecule has 0 radical (unpaired) electrons. The van der Waals surface area contributed by atoms with Crippen LogP contribution in [0.15, 0.2) is 24.3 Å². The Balaban J connectivity index is 1.96. The van der Waals surface area contributed by atoms with Gasteiger partial charge in [-0.3, -0.25) is 0 Å². The van der Waals surface area contributed by atoms with Crippen molar-refractivity contribution in [2.75, 3.05) is 6.61 Å². The number of ether oxygens (including phenoxy) is 1. The van der Waals surface area contributed by atoms with Gasteiger partial charge < -0.3 is 4.74 Å². The zero-order valence-corrected chi connectivity index (χ0v) is 11.1. The number of halogens is 2. The fraction of sp³-hybridized carbons (Fsp3) is 0.500.